The molecule has 3 rings (SSSR count). The Bertz CT molecular complexity index is 648. The van der Waals surface area contributed by atoms with E-state index in [1.54, 1.807) is 0 Å². The molecule has 2 fully saturated rings. The molecule has 2 aliphatic carbocycles. The van der Waals surface area contributed by atoms with Gasteiger partial charge in [-0.1, -0.05) is 58.7 Å². The Morgan fingerprint density at radius 2 is 1.46 bits per heavy atom. The van der Waals surface area contributed by atoms with Gasteiger partial charge in [-0.15, -0.1) is 0 Å². The first-order valence-corrected chi connectivity index (χ1v) is 10.1. The van der Waals surface area contributed by atoms with Crippen molar-refractivity contribution in [2.24, 2.45) is 11.8 Å². The second kappa shape index (κ2) is 7.81. The van der Waals surface area contributed by atoms with Crippen LogP contribution < -0.4 is 10.6 Å². The molecule has 1 aromatic carbocycles. The third-order valence-electron chi connectivity index (χ3n) is 5.79. The summed E-state index contributed by atoms with van der Waals surface area (Å²) >= 11 is 0. The number of benzene rings is 1. The van der Waals surface area contributed by atoms with Crippen LogP contribution in [-0.2, 0) is 9.59 Å². The molecule has 2 atom stereocenters. The third-order valence-corrected chi connectivity index (χ3v) is 5.79. The summed E-state index contributed by atoms with van der Waals surface area (Å²) in [5, 5.41) is 6.29. The first-order chi connectivity index (χ1) is 12.4. The first kappa shape index (κ1) is 18.9. The van der Waals surface area contributed by atoms with Gasteiger partial charge in [-0.05, 0) is 42.2 Å². The van der Waals surface area contributed by atoms with Crippen molar-refractivity contribution < 1.29 is 9.59 Å². The Morgan fingerprint density at radius 1 is 0.923 bits per heavy atom. The number of hydrogen-bond acceptors (Lipinski definition) is 2. The van der Waals surface area contributed by atoms with E-state index in [9.17, 15) is 9.59 Å². The van der Waals surface area contributed by atoms with Crippen molar-refractivity contribution >= 4 is 17.5 Å². The predicted octanol–water partition coefficient (Wildman–Crippen LogP) is 4.57. The van der Waals surface area contributed by atoms with Crippen molar-refractivity contribution in [1.82, 2.24) is 5.32 Å². The van der Waals surface area contributed by atoms with Crippen LogP contribution in [0.5, 0.6) is 0 Å². The molecule has 0 aromatic heterocycles. The number of rotatable bonds is 6. The predicted molar refractivity (Wildman–Crippen MR) is 105 cm³/mol. The molecule has 0 saturated heterocycles. The van der Waals surface area contributed by atoms with E-state index in [-0.39, 0.29) is 23.7 Å². The van der Waals surface area contributed by atoms with E-state index in [0.29, 0.717) is 24.3 Å². The molecular weight excluding hydrogens is 324 g/mol. The average Bonchev–Trinajstić information content (AvgIpc) is 3.25. The minimum absolute atomic E-state index is 0.00780. The lowest BCUT2D eigenvalue weighted by Crippen LogP contribution is -2.34. The molecule has 0 heterocycles. The van der Waals surface area contributed by atoms with E-state index in [4.69, 9.17) is 0 Å². The minimum atomic E-state index is -0.184. The summed E-state index contributed by atoms with van der Waals surface area (Å²) in [6.45, 7) is 8.57. The maximum atomic E-state index is 12.8. The number of para-hydroxylation sites is 1. The fourth-order valence-corrected chi connectivity index (χ4v) is 4.06. The van der Waals surface area contributed by atoms with E-state index in [1.165, 1.54) is 12.8 Å². The molecule has 0 spiro atoms. The molecule has 2 N–H and O–H groups in total. The van der Waals surface area contributed by atoms with Gasteiger partial charge in [-0.3, -0.25) is 9.59 Å². The molecule has 2 saturated carbocycles. The second-order valence-electron chi connectivity index (χ2n) is 8.55. The average molecular weight is 357 g/mol. The lowest BCUT2D eigenvalue weighted by Gasteiger charge is -2.20. The molecule has 2 unspecified atom stereocenters. The van der Waals surface area contributed by atoms with Gasteiger partial charge in [0, 0.05) is 11.7 Å². The molecule has 142 valence electrons. The van der Waals surface area contributed by atoms with Crippen LogP contribution in [0.1, 0.15) is 82.8 Å². The van der Waals surface area contributed by atoms with E-state index in [1.807, 2.05) is 0 Å². The van der Waals surface area contributed by atoms with Gasteiger partial charge >= 0.3 is 0 Å². The molecule has 1 aromatic rings. The topological polar surface area (TPSA) is 58.2 Å². The highest BCUT2D eigenvalue weighted by Crippen LogP contribution is 2.41. The van der Waals surface area contributed by atoms with Crippen LogP contribution >= 0.6 is 0 Å². The second-order valence-corrected chi connectivity index (χ2v) is 8.55. The van der Waals surface area contributed by atoms with Gasteiger partial charge in [0.25, 0.3) is 0 Å². The molecule has 0 radical (unpaired) electrons. The summed E-state index contributed by atoms with van der Waals surface area (Å²) in [6.07, 6.45) is 5.22. The molecule has 26 heavy (non-hydrogen) atoms. The van der Waals surface area contributed by atoms with Crippen molar-refractivity contribution in [2.45, 2.75) is 77.7 Å². The molecule has 0 bridgehead atoms. The van der Waals surface area contributed by atoms with Crippen molar-refractivity contribution in [3.05, 3.63) is 29.3 Å². The highest BCUT2D eigenvalue weighted by molar-refractivity contribution is 6.00. The Kier molecular flexibility index (Phi) is 5.69. The number of nitrogens with one attached hydrogen (secondary N) is 2. The largest absolute Gasteiger partial charge is 0.353 e. The monoisotopic (exact) mass is 356 g/mol. The minimum Gasteiger partial charge on any atom is -0.353 e. The van der Waals surface area contributed by atoms with Crippen LogP contribution in [0, 0.1) is 11.8 Å². The van der Waals surface area contributed by atoms with Crippen LogP contribution in [0.15, 0.2) is 18.2 Å². The quantitative estimate of drug-likeness (QED) is 0.784. The molecule has 4 heteroatoms. The van der Waals surface area contributed by atoms with Gasteiger partial charge in [-0.2, -0.15) is 0 Å². The highest BCUT2D eigenvalue weighted by Gasteiger charge is 2.48. The third kappa shape index (κ3) is 4.11. The Balaban J connectivity index is 1.66. The van der Waals surface area contributed by atoms with Gasteiger partial charge in [0.15, 0.2) is 0 Å². The van der Waals surface area contributed by atoms with Gasteiger partial charge in [0.2, 0.25) is 11.8 Å². The standard InChI is InChI=1S/C22H32N2O2/c1-13(2)16-10-7-11-17(14(3)4)20(16)24-22(26)19-12-18(19)21(25)23-15-8-5-6-9-15/h7,10-11,13-15,18-19H,5-6,8-9,12H2,1-4H3,(H,23,25)(H,24,26). The van der Waals surface area contributed by atoms with Crippen molar-refractivity contribution in [3.8, 4) is 0 Å². The van der Waals surface area contributed by atoms with E-state index >= 15 is 0 Å². The zero-order valence-corrected chi connectivity index (χ0v) is 16.5. The van der Waals surface area contributed by atoms with Gasteiger partial charge in [-0.25, -0.2) is 0 Å². The number of hydrogen-bond donors (Lipinski definition) is 2. The summed E-state index contributed by atoms with van der Waals surface area (Å²) in [6, 6.07) is 6.56. The van der Waals surface area contributed by atoms with Crippen molar-refractivity contribution in [1.29, 1.82) is 0 Å². The maximum Gasteiger partial charge on any atom is 0.228 e. The lowest BCUT2D eigenvalue weighted by molar-refractivity contribution is -0.125. The Labute approximate surface area is 157 Å². The van der Waals surface area contributed by atoms with E-state index in [0.717, 1.165) is 29.7 Å². The fourth-order valence-electron chi connectivity index (χ4n) is 4.06. The normalized spacial score (nSPS) is 22.7. The van der Waals surface area contributed by atoms with Crippen molar-refractivity contribution in [2.75, 3.05) is 5.32 Å². The SMILES string of the molecule is CC(C)c1cccc(C(C)C)c1NC(=O)C1CC1C(=O)NC1CCCC1. The van der Waals surface area contributed by atoms with Crippen LogP contribution in [0.2, 0.25) is 0 Å². The van der Waals surface area contributed by atoms with E-state index < -0.39 is 0 Å². The zero-order chi connectivity index (χ0) is 18.8. The van der Waals surface area contributed by atoms with E-state index in [2.05, 4.69) is 56.5 Å². The van der Waals surface area contributed by atoms with Crippen LogP contribution in [0.3, 0.4) is 0 Å². The van der Waals surface area contributed by atoms with Crippen LogP contribution in [0.4, 0.5) is 5.69 Å². The molecule has 0 aliphatic heterocycles. The number of amides is 2. The molecular formula is C22H32N2O2. The number of anilines is 1. The van der Waals surface area contributed by atoms with Gasteiger partial charge in [0.1, 0.15) is 0 Å². The molecule has 2 amide bonds. The van der Waals surface area contributed by atoms with Crippen LogP contribution in [-0.4, -0.2) is 17.9 Å². The highest BCUT2D eigenvalue weighted by atomic mass is 16.2. The smallest absolute Gasteiger partial charge is 0.228 e. The summed E-state index contributed by atoms with van der Waals surface area (Å²) in [4.78, 5) is 25.2. The Morgan fingerprint density at radius 3 is 2.00 bits per heavy atom. The van der Waals surface area contributed by atoms with Crippen LogP contribution in [0.25, 0.3) is 0 Å². The number of carbonyl (C=O) groups is 2. The number of carbonyl (C=O) groups excluding carboxylic acids is 2. The van der Waals surface area contributed by atoms with Crippen molar-refractivity contribution in [3.63, 3.8) is 0 Å². The summed E-state index contributed by atoms with van der Waals surface area (Å²) in [5.41, 5.74) is 3.28. The lowest BCUT2D eigenvalue weighted by atomic mass is 9.92. The summed E-state index contributed by atoms with van der Waals surface area (Å²) in [7, 11) is 0. The maximum absolute atomic E-state index is 12.8. The molecule has 2 aliphatic rings. The summed E-state index contributed by atoms with van der Waals surface area (Å²) in [5.74, 6) is 0.403. The fraction of sp³-hybridized carbons (Fsp3) is 0.636. The van der Waals surface area contributed by atoms with Gasteiger partial charge < -0.3 is 10.6 Å². The zero-order valence-electron chi connectivity index (χ0n) is 16.5. The summed E-state index contributed by atoms with van der Waals surface area (Å²) < 4.78 is 0. The Hall–Kier alpha value is -1.84. The van der Waals surface area contributed by atoms with Gasteiger partial charge in [0.05, 0.1) is 11.8 Å². The molecule has 4 nitrogen and oxygen atoms in total. The first-order valence-electron chi connectivity index (χ1n) is 10.1.